The summed E-state index contributed by atoms with van der Waals surface area (Å²) in [7, 11) is 1.11. The van der Waals surface area contributed by atoms with E-state index in [1.54, 1.807) is 0 Å². The molecular weight excluding hydrogens is 285 g/mol. The highest BCUT2D eigenvalue weighted by atomic mass is 79.9. The van der Waals surface area contributed by atoms with Crippen LogP contribution in [0.15, 0.2) is 10.5 Å². The molecule has 1 aromatic heterocycles. The molecule has 0 aliphatic carbocycles. The van der Waals surface area contributed by atoms with Crippen LogP contribution in [0, 0.1) is 0 Å². The zero-order chi connectivity index (χ0) is 10.9. The molecule has 0 spiro atoms. The van der Waals surface area contributed by atoms with E-state index in [0.29, 0.717) is 11.3 Å². The maximum Gasteiger partial charge on any atom is 0.425 e. The second kappa shape index (κ2) is 3.90. The molecule has 0 saturated heterocycles. The summed E-state index contributed by atoms with van der Waals surface area (Å²) < 4.78 is 41.0. The van der Waals surface area contributed by atoms with Crippen molar-refractivity contribution in [3.05, 3.63) is 20.3 Å². The van der Waals surface area contributed by atoms with Gasteiger partial charge in [0.15, 0.2) is 0 Å². The molecule has 0 aromatic carbocycles. The third kappa shape index (κ3) is 2.27. The molecule has 0 amide bonds. The Morgan fingerprint density at radius 1 is 1.57 bits per heavy atom. The Bertz CT molecular complexity index is 358. The van der Waals surface area contributed by atoms with Crippen LogP contribution in [0.25, 0.3) is 0 Å². The number of esters is 1. The molecule has 0 aliphatic rings. The summed E-state index contributed by atoms with van der Waals surface area (Å²) in [6.07, 6.45) is -4.43. The second-order valence-corrected chi connectivity index (χ2v) is 4.18. The van der Waals surface area contributed by atoms with Gasteiger partial charge in [-0.15, -0.1) is 11.3 Å². The number of alkyl halides is 3. The average Bonchev–Trinajstić information content (AvgIpc) is 2.45. The molecule has 0 fully saturated rings. The van der Waals surface area contributed by atoms with Crippen molar-refractivity contribution in [3.63, 3.8) is 0 Å². The summed E-state index contributed by atoms with van der Waals surface area (Å²) >= 11 is 3.21. The first-order valence-electron chi connectivity index (χ1n) is 3.31. The fraction of sp³-hybridized carbons (Fsp3) is 0.286. The van der Waals surface area contributed by atoms with E-state index < -0.39 is 17.0 Å². The minimum absolute atomic E-state index is 0.0835. The molecule has 0 aliphatic heterocycles. The van der Waals surface area contributed by atoms with Crippen LogP contribution in [0.4, 0.5) is 13.2 Å². The van der Waals surface area contributed by atoms with Gasteiger partial charge in [-0.2, -0.15) is 13.2 Å². The van der Waals surface area contributed by atoms with E-state index in [0.717, 1.165) is 13.2 Å². The highest BCUT2D eigenvalue weighted by molar-refractivity contribution is 9.10. The van der Waals surface area contributed by atoms with Gasteiger partial charge in [0.2, 0.25) is 0 Å². The lowest BCUT2D eigenvalue weighted by Gasteiger charge is -2.00. The van der Waals surface area contributed by atoms with Gasteiger partial charge < -0.3 is 4.74 Å². The summed E-state index contributed by atoms with van der Waals surface area (Å²) in [4.78, 5) is 10.1. The maximum absolute atomic E-state index is 12.2. The molecule has 14 heavy (non-hydrogen) atoms. The maximum atomic E-state index is 12.2. The van der Waals surface area contributed by atoms with E-state index in [1.807, 2.05) is 0 Å². The summed E-state index contributed by atoms with van der Waals surface area (Å²) in [6, 6.07) is 0.858. The molecule has 0 bridgehead atoms. The van der Waals surface area contributed by atoms with E-state index in [-0.39, 0.29) is 9.35 Å². The molecule has 0 unspecified atom stereocenters. The second-order valence-electron chi connectivity index (χ2n) is 2.28. The van der Waals surface area contributed by atoms with Gasteiger partial charge in [0, 0.05) is 4.47 Å². The lowest BCUT2D eigenvalue weighted by molar-refractivity contribution is -0.134. The first-order valence-corrected chi connectivity index (χ1v) is 4.92. The van der Waals surface area contributed by atoms with Crippen molar-refractivity contribution in [2.24, 2.45) is 0 Å². The number of rotatable bonds is 1. The Balaban J connectivity index is 3.12. The number of methoxy groups -OCH3 is 1. The number of ether oxygens (including phenoxy) is 1. The Morgan fingerprint density at radius 3 is 2.50 bits per heavy atom. The van der Waals surface area contributed by atoms with Crippen LogP contribution < -0.4 is 0 Å². The number of thiophene rings is 1. The van der Waals surface area contributed by atoms with E-state index in [4.69, 9.17) is 0 Å². The van der Waals surface area contributed by atoms with Gasteiger partial charge in [-0.25, -0.2) is 4.79 Å². The van der Waals surface area contributed by atoms with Crippen molar-refractivity contribution in [2.75, 3.05) is 7.11 Å². The van der Waals surface area contributed by atoms with Crippen LogP contribution in [0.3, 0.4) is 0 Å². The van der Waals surface area contributed by atoms with Crippen molar-refractivity contribution >= 4 is 33.2 Å². The zero-order valence-corrected chi connectivity index (χ0v) is 9.22. The predicted molar refractivity (Wildman–Crippen MR) is 48.4 cm³/mol. The van der Waals surface area contributed by atoms with Gasteiger partial charge in [-0.1, -0.05) is 0 Å². The normalized spacial score (nSPS) is 11.5. The van der Waals surface area contributed by atoms with Crippen LogP contribution in [-0.4, -0.2) is 13.1 Å². The Kier molecular flexibility index (Phi) is 3.20. The van der Waals surface area contributed by atoms with Crippen molar-refractivity contribution in [1.29, 1.82) is 0 Å². The highest BCUT2D eigenvalue weighted by Gasteiger charge is 2.34. The van der Waals surface area contributed by atoms with E-state index in [1.165, 1.54) is 0 Å². The van der Waals surface area contributed by atoms with Crippen LogP contribution >= 0.6 is 27.3 Å². The van der Waals surface area contributed by atoms with Crippen LogP contribution in [0.2, 0.25) is 0 Å². The molecule has 1 rings (SSSR count). The molecule has 0 N–H and O–H groups in total. The number of carbonyl (C=O) groups excluding carboxylic acids is 1. The molecule has 0 radical (unpaired) electrons. The fourth-order valence-corrected chi connectivity index (χ4v) is 2.36. The quantitative estimate of drug-likeness (QED) is 0.741. The van der Waals surface area contributed by atoms with Gasteiger partial charge in [-0.3, -0.25) is 0 Å². The van der Waals surface area contributed by atoms with Crippen molar-refractivity contribution in [2.45, 2.75) is 6.18 Å². The third-order valence-corrected chi connectivity index (χ3v) is 3.38. The lowest BCUT2D eigenvalue weighted by atomic mass is 10.4. The van der Waals surface area contributed by atoms with Crippen LogP contribution in [-0.2, 0) is 10.9 Å². The first-order chi connectivity index (χ1) is 6.36. The summed E-state index contributed by atoms with van der Waals surface area (Å²) in [5.74, 6) is -0.780. The van der Waals surface area contributed by atoms with E-state index in [9.17, 15) is 18.0 Å². The van der Waals surface area contributed by atoms with Gasteiger partial charge in [0.25, 0.3) is 0 Å². The average molecular weight is 289 g/mol. The van der Waals surface area contributed by atoms with Gasteiger partial charge >= 0.3 is 12.1 Å². The minimum Gasteiger partial charge on any atom is -0.465 e. The van der Waals surface area contributed by atoms with Crippen molar-refractivity contribution in [3.8, 4) is 0 Å². The zero-order valence-electron chi connectivity index (χ0n) is 6.81. The largest absolute Gasteiger partial charge is 0.465 e. The summed E-state index contributed by atoms with van der Waals surface area (Å²) in [5, 5.41) is 0. The molecule has 0 atom stereocenters. The molecule has 1 heterocycles. The molecule has 1 aromatic rings. The Morgan fingerprint density at radius 2 is 2.14 bits per heavy atom. The van der Waals surface area contributed by atoms with Gasteiger partial charge in [0.1, 0.15) is 9.75 Å². The SMILES string of the molecule is COC(=O)c1sc(C(F)(F)F)cc1Br. The smallest absolute Gasteiger partial charge is 0.425 e. The molecule has 78 valence electrons. The van der Waals surface area contributed by atoms with Crippen molar-refractivity contribution in [1.82, 2.24) is 0 Å². The topological polar surface area (TPSA) is 26.3 Å². The third-order valence-electron chi connectivity index (χ3n) is 1.34. The van der Waals surface area contributed by atoms with Crippen LogP contribution in [0.5, 0.6) is 0 Å². The Hall–Kier alpha value is -0.560. The first kappa shape index (κ1) is 11.5. The Labute approximate surface area is 89.8 Å². The molecule has 7 heteroatoms. The number of hydrogen-bond donors (Lipinski definition) is 0. The number of hydrogen-bond acceptors (Lipinski definition) is 3. The summed E-state index contributed by atoms with van der Waals surface area (Å²) in [6.45, 7) is 0. The minimum atomic E-state index is -4.43. The lowest BCUT2D eigenvalue weighted by Crippen LogP contribution is -2.01. The number of carbonyl (C=O) groups is 1. The van der Waals surface area contributed by atoms with E-state index >= 15 is 0 Å². The molecular formula is C7H4BrF3O2S. The molecule has 0 saturated carbocycles. The monoisotopic (exact) mass is 288 g/mol. The fourth-order valence-electron chi connectivity index (χ4n) is 0.740. The molecule has 2 nitrogen and oxygen atoms in total. The number of halogens is 4. The van der Waals surface area contributed by atoms with Gasteiger partial charge in [-0.05, 0) is 22.0 Å². The highest BCUT2D eigenvalue weighted by Crippen LogP contribution is 2.38. The summed E-state index contributed by atoms with van der Waals surface area (Å²) in [5.41, 5.74) is 0. The predicted octanol–water partition coefficient (Wildman–Crippen LogP) is 3.32. The van der Waals surface area contributed by atoms with Gasteiger partial charge in [0.05, 0.1) is 7.11 Å². The standard InChI is InChI=1S/C7H4BrF3O2S/c1-13-6(12)5-3(8)2-4(14-5)7(9,10)11/h2H,1H3. The van der Waals surface area contributed by atoms with Crippen molar-refractivity contribution < 1.29 is 22.7 Å². The van der Waals surface area contributed by atoms with Crippen LogP contribution in [0.1, 0.15) is 14.5 Å². The van der Waals surface area contributed by atoms with E-state index in [2.05, 4.69) is 20.7 Å².